The van der Waals surface area contributed by atoms with Crippen molar-refractivity contribution in [3.63, 3.8) is 0 Å². The molecule has 1 N–H and O–H groups in total. The fourth-order valence-electron chi connectivity index (χ4n) is 3.35. The first-order valence-corrected chi connectivity index (χ1v) is 9.69. The van der Waals surface area contributed by atoms with Crippen LogP contribution >= 0.6 is 11.6 Å². The van der Waals surface area contributed by atoms with E-state index in [9.17, 15) is 9.59 Å². The van der Waals surface area contributed by atoms with Crippen molar-refractivity contribution in [3.8, 4) is 0 Å². The molecule has 0 bridgehead atoms. The number of carbonyl (C=O) groups is 2. The minimum Gasteiger partial charge on any atom is -0.378 e. The van der Waals surface area contributed by atoms with Crippen LogP contribution in [-0.4, -0.2) is 31.4 Å². The molecule has 4 rings (SSSR count). The number of hydrogen-bond acceptors (Lipinski definition) is 3. The second kappa shape index (κ2) is 7.45. The minimum absolute atomic E-state index is 0.0223. The largest absolute Gasteiger partial charge is 0.378 e. The van der Waals surface area contributed by atoms with Gasteiger partial charge in [0.05, 0.1) is 13.2 Å². The number of amides is 1. The molecule has 0 aromatic heterocycles. The first-order chi connectivity index (χ1) is 13.1. The number of halogens is 1. The molecule has 1 heterocycles. The van der Waals surface area contributed by atoms with Gasteiger partial charge >= 0.3 is 0 Å². The maximum absolute atomic E-state index is 12.7. The molecule has 1 aliphatic carbocycles. The molecule has 0 radical (unpaired) electrons. The van der Waals surface area contributed by atoms with Crippen molar-refractivity contribution < 1.29 is 14.3 Å². The van der Waals surface area contributed by atoms with Gasteiger partial charge in [-0.05, 0) is 42.0 Å². The Morgan fingerprint density at radius 1 is 1.11 bits per heavy atom. The summed E-state index contributed by atoms with van der Waals surface area (Å²) in [6, 6.07) is 14.7. The summed E-state index contributed by atoms with van der Waals surface area (Å²) in [5, 5.41) is 3.63. The average Bonchev–Trinajstić information content (AvgIpc) is 3.45. The SMILES string of the molecule is O=C(Cc1ccc(C2(C(=O)NCC3CC3)COC2)cc1)c1cccc(Cl)c1. The highest BCUT2D eigenvalue weighted by molar-refractivity contribution is 6.31. The van der Waals surface area contributed by atoms with Crippen LogP contribution in [-0.2, 0) is 21.4 Å². The summed E-state index contributed by atoms with van der Waals surface area (Å²) in [5.74, 6) is 0.712. The van der Waals surface area contributed by atoms with Crippen LogP contribution in [0.4, 0.5) is 0 Å². The van der Waals surface area contributed by atoms with E-state index in [-0.39, 0.29) is 11.7 Å². The standard InChI is InChI=1S/C22H22ClNO3/c23-19-3-1-2-17(11-19)20(25)10-15-6-8-18(9-7-15)22(13-27-14-22)21(26)24-12-16-4-5-16/h1-3,6-9,11,16H,4-5,10,12-14H2,(H,24,26). The maximum Gasteiger partial charge on any atom is 0.235 e. The third-order valence-corrected chi connectivity index (χ3v) is 5.63. The highest BCUT2D eigenvalue weighted by Crippen LogP contribution is 2.34. The number of ketones is 1. The van der Waals surface area contributed by atoms with E-state index >= 15 is 0 Å². The van der Waals surface area contributed by atoms with Crippen molar-refractivity contribution in [2.45, 2.75) is 24.7 Å². The molecule has 2 fully saturated rings. The van der Waals surface area contributed by atoms with E-state index in [1.807, 2.05) is 24.3 Å². The molecule has 1 amide bonds. The second-order valence-corrected chi connectivity index (χ2v) is 7.97. The molecule has 1 saturated heterocycles. The summed E-state index contributed by atoms with van der Waals surface area (Å²) < 4.78 is 5.37. The molecule has 0 atom stereocenters. The molecule has 1 saturated carbocycles. The summed E-state index contributed by atoms with van der Waals surface area (Å²) in [5.41, 5.74) is 1.87. The summed E-state index contributed by atoms with van der Waals surface area (Å²) in [7, 11) is 0. The van der Waals surface area contributed by atoms with Crippen LogP contribution in [0, 0.1) is 5.92 Å². The van der Waals surface area contributed by atoms with Gasteiger partial charge in [0.25, 0.3) is 0 Å². The first-order valence-electron chi connectivity index (χ1n) is 9.31. The molecule has 2 aromatic carbocycles. The van der Waals surface area contributed by atoms with Crippen LogP contribution in [0.5, 0.6) is 0 Å². The summed E-state index contributed by atoms with van der Waals surface area (Å²) >= 11 is 5.96. The number of hydrogen-bond donors (Lipinski definition) is 1. The lowest BCUT2D eigenvalue weighted by Gasteiger charge is -2.40. The fraction of sp³-hybridized carbons (Fsp3) is 0.364. The molecular formula is C22H22ClNO3. The van der Waals surface area contributed by atoms with Crippen molar-refractivity contribution in [3.05, 3.63) is 70.2 Å². The van der Waals surface area contributed by atoms with Crippen LogP contribution in [0.1, 0.15) is 34.3 Å². The van der Waals surface area contributed by atoms with Crippen molar-refractivity contribution in [2.24, 2.45) is 5.92 Å². The van der Waals surface area contributed by atoms with Crippen molar-refractivity contribution >= 4 is 23.3 Å². The van der Waals surface area contributed by atoms with Gasteiger partial charge in [-0.1, -0.05) is 48.0 Å². The Bertz CT molecular complexity index is 854. The minimum atomic E-state index is -0.593. The normalized spacial score (nSPS) is 17.8. The zero-order valence-electron chi connectivity index (χ0n) is 15.0. The zero-order valence-corrected chi connectivity index (χ0v) is 15.8. The number of ether oxygens (including phenoxy) is 1. The van der Waals surface area contributed by atoms with Gasteiger partial charge in [-0.2, -0.15) is 0 Å². The molecule has 2 aliphatic rings. The van der Waals surface area contributed by atoms with E-state index in [2.05, 4.69) is 5.32 Å². The highest BCUT2D eigenvalue weighted by atomic mass is 35.5. The van der Waals surface area contributed by atoms with Crippen LogP contribution in [0.2, 0.25) is 5.02 Å². The molecule has 27 heavy (non-hydrogen) atoms. The Morgan fingerprint density at radius 3 is 2.44 bits per heavy atom. The van der Waals surface area contributed by atoms with E-state index in [1.54, 1.807) is 24.3 Å². The molecule has 4 nitrogen and oxygen atoms in total. The quantitative estimate of drug-likeness (QED) is 0.744. The van der Waals surface area contributed by atoms with Crippen LogP contribution in [0.25, 0.3) is 0 Å². The Hall–Kier alpha value is -2.17. The second-order valence-electron chi connectivity index (χ2n) is 7.54. The molecule has 5 heteroatoms. The lowest BCUT2D eigenvalue weighted by atomic mass is 9.77. The number of rotatable bonds is 7. The number of nitrogens with one attached hydrogen (secondary N) is 1. The number of benzene rings is 2. The Labute approximate surface area is 163 Å². The van der Waals surface area contributed by atoms with E-state index < -0.39 is 5.41 Å². The smallest absolute Gasteiger partial charge is 0.235 e. The van der Waals surface area contributed by atoms with Gasteiger partial charge in [0.2, 0.25) is 5.91 Å². The molecule has 0 spiro atoms. The third-order valence-electron chi connectivity index (χ3n) is 5.40. The van der Waals surface area contributed by atoms with Crippen molar-refractivity contribution in [1.29, 1.82) is 0 Å². The highest BCUT2D eigenvalue weighted by Gasteiger charge is 2.47. The zero-order chi connectivity index (χ0) is 18.9. The topological polar surface area (TPSA) is 55.4 Å². The van der Waals surface area contributed by atoms with Gasteiger partial charge in [0.1, 0.15) is 5.41 Å². The van der Waals surface area contributed by atoms with Gasteiger partial charge in [-0.3, -0.25) is 9.59 Å². The van der Waals surface area contributed by atoms with Gasteiger partial charge < -0.3 is 10.1 Å². The van der Waals surface area contributed by atoms with Crippen molar-refractivity contribution in [1.82, 2.24) is 5.32 Å². The number of carbonyl (C=O) groups excluding carboxylic acids is 2. The van der Waals surface area contributed by atoms with Crippen LogP contribution < -0.4 is 5.32 Å². The maximum atomic E-state index is 12.7. The van der Waals surface area contributed by atoms with Gasteiger partial charge in [0.15, 0.2) is 5.78 Å². The van der Waals surface area contributed by atoms with E-state index in [0.717, 1.165) is 17.7 Å². The molecule has 0 unspecified atom stereocenters. The Kier molecular flexibility index (Phi) is 5.02. The van der Waals surface area contributed by atoms with Gasteiger partial charge in [0, 0.05) is 23.6 Å². The summed E-state index contributed by atoms with van der Waals surface area (Å²) in [4.78, 5) is 25.1. The van der Waals surface area contributed by atoms with Crippen LogP contribution in [0.15, 0.2) is 48.5 Å². The van der Waals surface area contributed by atoms with E-state index in [0.29, 0.717) is 36.1 Å². The van der Waals surface area contributed by atoms with E-state index in [4.69, 9.17) is 16.3 Å². The first kappa shape index (κ1) is 18.2. The molecular weight excluding hydrogens is 362 g/mol. The Balaban J connectivity index is 1.44. The number of Topliss-reactive ketones (excluding diaryl/α,β-unsaturated/α-hetero) is 1. The van der Waals surface area contributed by atoms with Crippen molar-refractivity contribution in [2.75, 3.05) is 19.8 Å². The molecule has 140 valence electrons. The Morgan fingerprint density at radius 2 is 1.85 bits per heavy atom. The fourth-order valence-corrected chi connectivity index (χ4v) is 3.54. The monoisotopic (exact) mass is 383 g/mol. The van der Waals surface area contributed by atoms with E-state index in [1.165, 1.54) is 12.8 Å². The molecule has 2 aromatic rings. The third kappa shape index (κ3) is 3.92. The van der Waals surface area contributed by atoms with Gasteiger partial charge in [-0.15, -0.1) is 0 Å². The van der Waals surface area contributed by atoms with Gasteiger partial charge in [-0.25, -0.2) is 0 Å². The summed E-state index contributed by atoms with van der Waals surface area (Å²) in [6.07, 6.45) is 2.72. The predicted molar refractivity (Wildman–Crippen MR) is 104 cm³/mol. The lowest BCUT2D eigenvalue weighted by molar-refractivity contribution is -0.145. The summed E-state index contributed by atoms with van der Waals surface area (Å²) in [6.45, 7) is 1.57. The lowest BCUT2D eigenvalue weighted by Crippen LogP contribution is -2.57. The average molecular weight is 384 g/mol. The molecule has 1 aliphatic heterocycles. The predicted octanol–water partition coefficient (Wildman–Crippen LogP) is 3.56. The van der Waals surface area contributed by atoms with Crippen LogP contribution in [0.3, 0.4) is 0 Å².